The molecule has 1 aliphatic carbocycles. The zero-order valence-corrected chi connectivity index (χ0v) is 12.1. The van der Waals surface area contributed by atoms with Gasteiger partial charge >= 0.3 is 0 Å². The molecule has 0 aliphatic heterocycles. The first kappa shape index (κ1) is 14.2. The van der Waals surface area contributed by atoms with Gasteiger partial charge in [0.15, 0.2) is 11.5 Å². The maximum atomic E-state index is 10.3. The molecule has 0 radical (unpaired) electrons. The Labute approximate surface area is 115 Å². The van der Waals surface area contributed by atoms with E-state index in [0.717, 1.165) is 30.8 Å². The van der Waals surface area contributed by atoms with Crippen molar-refractivity contribution in [2.45, 2.75) is 45.1 Å². The number of aliphatic hydroxyl groups excluding tert-OH is 1. The summed E-state index contributed by atoms with van der Waals surface area (Å²) in [6.07, 6.45) is 4.96. The molecule has 19 heavy (non-hydrogen) atoms. The molecule has 0 saturated heterocycles. The van der Waals surface area contributed by atoms with Gasteiger partial charge in [0.25, 0.3) is 0 Å². The molecule has 0 heterocycles. The van der Waals surface area contributed by atoms with Gasteiger partial charge in [-0.3, -0.25) is 0 Å². The summed E-state index contributed by atoms with van der Waals surface area (Å²) in [5, 5.41) is 10.3. The van der Waals surface area contributed by atoms with Crippen molar-refractivity contribution >= 4 is 0 Å². The average molecular weight is 264 g/mol. The van der Waals surface area contributed by atoms with Crippen LogP contribution in [0.3, 0.4) is 0 Å². The van der Waals surface area contributed by atoms with Crippen molar-refractivity contribution in [3.8, 4) is 11.5 Å². The van der Waals surface area contributed by atoms with Gasteiger partial charge in [-0.25, -0.2) is 0 Å². The molecule has 106 valence electrons. The van der Waals surface area contributed by atoms with Gasteiger partial charge < -0.3 is 14.6 Å². The predicted molar refractivity (Wildman–Crippen MR) is 75.8 cm³/mol. The number of rotatable bonds is 7. The van der Waals surface area contributed by atoms with Crippen molar-refractivity contribution in [3.63, 3.8) is 0 Å². The summed E-state index contributed by atoms with van der Waals surface area (Å²) in [4.78, 5) is 0. The van der Waals surface area contributed by atoms with E-state index in [1.807, 2.05) is 18.2 Å². The molecule has 1 aromatic carbocycles. The number of hydrogen-bond donors (Lipinski definition) is 1. The van der Waals surface area contributed by atoms with Crippen molar-refractivity contribution in [1.29, 1.82) is 0 Å². The Kier molecular flexibility index (Phi) is 4.35. The lowest BCUT2D eigenvalue weighted by atomic mass is 9.91. The molecule has 2 rings (SSSR count). The van der Waals surface area contributed by atoms with Gasteiger partial charge in [0.1, 0.15) is 0 Å². The van der Waals surface area contributed by atoms with Crippen molar-refractivity contribution in [3.05, 3.63) is 23.8 Å². The maximum Gasteiger partial charge on any atom is 0.160 e. The number of hydrogen-bond acceptors (Lipinski definition) is 3. The molecule has 0 aromatic heterocycles. The van der Waals surface area contributed by atoms with Crippen LogP contribution in [0.15, 0.2) is 18.2 Å². The van der Waals surface area contributed by atoms with E-state index in [0.29, 0.717) is 0 Å². The minimum atomic E-state index is -0.175. The lowest BCUT2D eigenvalue weighted by molar-refractivity contribution is 0.0820. The van der Waals surface area contributed by atoms with Crippen LogP contribution < -0.4 is 9.47 Å². The molecule has 1 fully saturated rings. The fourth-order valence-corrected chi connectivity index (χ4v) is 2.73. The van der Waals surface area contributed by atoms with Crippen LogP contribution in [0.25, 0.3) is 0 Å². The zero-order valence-electron chi connectivity index (χ0n) is 12.1. The normalized spacial score (nSPS) is 17.9. The second-order valence-corrected chi connectivity index (χ2v) is 5.46. The molecule has 3 heteroatoms. The molecule has 1 N–H and O–H groups in total. The van der Waals surface area contributed by atoms with E-state index in [1.165, 1.54) is 18.4 Å². The molecule has 0 spiro atoms. The van der Waals surface area contributed by atoms with E-state index >= 15 is 0 Å². The van der Waals surface area contributed by atoms with Crippen LogP contribution in [0, 0.1) is 5.41 Å². The quantitative estimate of drug-likeness (QED) is 0.822. The van der Waals surface area contributed by atoms with Crippen LogP contribution in [0.1, 0.15) is 38.2 Å². The zero-order chi connectivity index (χ0) is 13.9. The van der Waals surface area contributed by atoms with Gasteiger partial charge in [-0.15, -0.1) is 0 Å². The van der Waals surface area contributed by atoms with Crippen LogP contribution in [0.2, 0.25) is 0 Å². The van der Waals surface area contributed by atoms with Crippen LogP contribution in [-0.4, -0.2) is 25.4 Å². The smallest absolute Gasteiger partial charge is 0.160 e. The monoisotopic (exact) mass is 264 g/mol. The van der Waals surface area contributed by atoms with E-state index < -0.39 is 0 Å². The molecule has 1 aliphatic rings. The third kappa shape index (κ3) is 3.03. The molecular formula is C16H24O3. The van der Waals surface area contributed by atoms with Gasteiger partial charge in [-0.05, 0) is 55.2 Å². The minimum absolute atomic E-state index is 0.175. The first-order valence-electron chi connectivity index (χ1n) is 7.04. The minimum Gasteiger partial charge on any atom is -0.493 e. The standard InChI is InChI=1S/C16H24O3/c1-4-16(9-10-16)15(17)8-6-12-5-7-13(18-2)14(11-12)19-3/h5,7,11,15,17H,4,6,8-10H2,1-3H3. The maximum absolute atomic E-state index is 10.3. The Bertz CT molecular complexity index is 424. The highest BCUT2D eigenvalue weighted by molar-refractivity contribution is 5.42. The van der Waals surface area contributed by atoms with Crippen LogP contribution >= 0.6 is 0 Å². The van der Waals surface area contributed by atoms with Crippen LogP contribution in [0.5, 0.6) is 11.5 Å². The molecule has 3 nitrogen and oxygen atoms in total. The highest BCUT2D eigenvalue weighted by atomic mass is 16.5. The highest BCUT2D eigenvalue weighted by Crippen LogP contribution is 2.52. The number of ether oxygens (including phenoxy) is 2. The van der Waals surface area contributed by atoms with Crippen molar-refractivity contribution < 1.29 is 14.6 Å². The molecule has 1 atom stereocenters. The topological polar surface area (TPSA) is 38.7 Å². The summed E-state index contributed by atoms with van der Waals surface area (Å²) in [7, 11) is 3.28. The number of aliphatic hydroxyl groups is 1. The second kappa shape index (κ2) is 5.83. The number of benzene rings is 1. The fraction of sp³-hybridized carbons (Fsp3) is 0.625. The van der Waals surface area contributed by atoms with E-state index in [4.69, 9.17) is 9.47 Å². The average Bonchev–Trinajstić information content (AvgIpc) is 3.25. The summed E-state index contributed by atoms with van der Waals surface area (Å²) in [6.45, 7) is 2.17. The third-order valence-electron chi connectivity index (χ3n) is 4.46. The van der Waals surface area contributed by atoms with Gasteiger partial charge in [0.05, 0.1) is 20.3 Å². The summed E-state index contributed by atoms with van der Waals surface area (Å²) in [5.41, 5.74) is 1.40. The first-order chi connectivity index (χ1) is 9.15. The Morgan fingerprint density at radius 1 is 1.21 bits per heavy atom. The van der Waals surface area contributed by atoms with Crippen LogP contribution in [-0.2, 0) is 6.42 Å². The fourth-order valence-electron chi connectivity index (χ4n) is 2.73. The molecule has 1 saturated carbocycles. The Morgan fingerprint density at radius 2 is 1.89 bits per heavy atom. The predicted octanol–water partition coefficient (Wildman–Crippen LogP) is 3.19. The molecule has 0 amide bonds. The largest absolute Gasteiger partial charge is 0.493 e. The summed E-state index contributed by atoms with van der Waals surface area (Å²) >= 11 is 0. The molecule has 1 unspecified atom stereocenters. The third-order valence-corrected chi connectivity index (χ3v) is 4.46. The van der Waals surface area contributed by atoms with E-state index in [2.05, 4.69) is 6.92 Å². The SMILES string of the molecule is CCC1(C(O)CCc2ccc(OC)c(OC)c2)CC1. The van der Waals surface area contributed by atoms with E-state index in [-0.39, 0.29) is 11.5 Å². The Hall–Kier alpha value is -1.22. The van der Waals surface area contributed by atoms with Gasteiger partial charge in [0.2, 0.25) is 0 Å². The summed E-state index contributed by atoms with van der Waals surface area (Å²) in [5.74, 6) is 1.50. The summed E-state index contributed by atoms with van der Waals surface area (Å²) < 4.78 is 10.5. The Balaban J connectivity index is 1.96. The number of methoxy groups -OCH3 is 2. The van der Waals surface area contributed by atoms with Crippen LogP contribution in [0.4, 0.5) is 0 Å². The van der Waals surface area contributed by atoms with Gasteiger partial charge in [-0.1, -0.05) is 13.0 Å². The van der Waals surface area contributed by atoms with Crippen molar-refractivity contribution in [2.24, 2.45) is 5.41 Å². The lowest BCUT2D eigenvalue weighted by Crippen LogP contribution is -2.21. The highest BCUT2D eigenvalue weighted by Gasteiger charge is 2.46. The van der Waals surface area contributed by atoms with Crippen molar-refractivity contribution in [2.75, 3.05) is 14.2 Å². The van der Waals surface area contributed by atoms with E-state index in [9.17, 15) is 5.11 Å². The van der Waals surface area contributed by atoms with Crippen molar-refractivity contribution in [1.82, 2.24) is 0 Å². The molecule has 1 aromatic rings. The Morgan fingerprint density at radius 3 is 2.42 bits per heavy atom. The van der Waals surface area contributed by atoms with Gasteiger partial charge in [0, 0.05) is 0 Å². The lowest BCUT2D eigenvalue weighted by Gasteiger charge is -2.20. The van der Waals surface area contributed by atoms with Gasteiger partial charge in [-0.2, -0.15) is 0 Å². The molecular weight excluding hydrogens is 240 g/mol. The first-order valence-corrected chi connectivity index (χ1v) is 7.04. The van der Waals surface area contributed by atoms with E-state index in [1.54, 1.807) is 14.2 Å². The molecule has 0 bridgehead atoms. The number of aryl methyl sites for hydroxylation is 1. The second-order valence-electron chi connectivity index (χ2n) is 5.46. The summed E-state index contributed by atoms with van der Waals surface area (Å²) in [6, 6.07) is 5.96.